The molecule has 1 aliphatic rings. The minimum Gasteiger partial charge on any atom is -0.396 e. The molecule has 112 valence electrons. The third kappa shape index (κ3) is 3.37. The Hall–Kier alpha value is -0.980. The highest BCUT2D eigenvalue weighted by Gasteiger charge is 2.31. The van der Waals surface area contributed by atoms with Crippen molar-refractivity contribution in [2.24, 2.45) is 0 Å². The Labute approximate surface area is 118 Å². The van der Waals surface area contributed by atoms with E-state index in [0.29, 0.717) is 18.4 Å². The van der Waals surface area contributed by atoms with Gasteiger partial charge in [-0.2, -0.15) is 0 Å². The first kappa shape index (κ1) is 15.4. The largest absolute Gasteiger partial charge is 0.396 e. The SMILES string of the molecule is CC(CCCO)NC1CCS(=O)(=O)c2ccc(F)cc21. The van der Waals surface area contributed by atoms with Crippen LogP contribution in [0.4, 0.5) is 4.39 Å². The number of nitrogens with one attached hydrogen (secondary N) is 1. The maximum atomic E-state index is 13.4. The lowest BCUT2D eigenvalue weighted by Gasteiger charge is -2.29. The molecule has 0 saturated carbocycles. The van der Waals surface area contributed by atoms with Gasteiger partial charge < -0.3 is 10.4 Å². The van der Waals surface area contributed by atoms with Crippen molar-refractivity contribution in [2.75, 3.05) is 12.4 Å². The summed E-state index contributed by atoms with van der Waals surface area (Å²) < 4.78 is 37.4. The predicted molar refractivity (Wildman–Crippen MR) is 74.7 cm³/mol. The fourth-order valence-corrected chi connectivity index (χ4v) is 4.21. The Morgan fingerprint density at radius 1 is 1.50 bits per heavy atom. The summed E-state index contributed by atoms with van der Waals surface area (Å²) in [6.45, 7) is 2.12. The lowest BCUT2D eigenvalue weighted by Crippen LogP contribution is -2.35. The summed E-state index contributed by atoms with van der Waals surface area (Å²) in [6, 6.07) is 3.84. The summed E-state index contributed by atoms with van der Waals surface area (Å²) in [7, 11) is -3.29. The van der Waals surface area contributed by atoms with Gasteiger partial charge in [-0.05, 0) is 49.9 Å². The number of fused-ring (bicyclic) bond motifs is 1. The van der Waals surface area contributed by atoms with Crippen molar-refractivity contribution in [1.29, 1.82) is 0 Å². The molecular weight excluding hydrogens is 281 g/mol. The van der Waals surface area contributed by atoms with Gasteiger partial charge in [0.25, 0.3) is 0 Å². The summed E-state index contributed by atoms with van der Waals surface area (Å²) in [5.41, 5.74) is 0.520. The minimum absolute atomic E-state index is 0.0794. The molecule has 1 aliphatic heterocycles. The zero-order valence-corrected chi connectivity index (χ0v) is 12.3. The molecule has 20 heavy (non-hydrogen) atoms. The lowest BCUT2D eigenvalue weighted by atomic mass is 10.0. The summed E-state index contributed by atoms with van der Waals surface area (Å²) in [5.74, 6) is -0.341. The van der Waals surface area contributed by atoms with E-state index in [-0.39, 0.29) is 29.3 Å². The number of benzene rings is 1. The van der Waals surface area contributed by atoms with Crippen molar-refractivity contribution in [1.82, 2.24) is 5.32 Å². The fraction of sp³-hybridized carbons (Fsp3) is 0.571. The quantitative estimate of drug-likeness (QED) is 0.814. The molecule has 1 aromatic rings. The van der Waals surface area contributed by atoms with Crippen molar-refractivity contribution in [3.63, 3.8) is 0 Å². The molecule has 2 N–H and O–H groups in total. The second-order valence-corrected chi connectivity index (χ2v) is 7.35. The van der Waals surface area contributed by atoms with Gasteiger partial charge in [0.05, 0.1) is 10.6 Å². The molecule has 1 aromatic carbocycles. The van der Waals surface area contributed by atoms with Crippen molar-refractivity contribution in [2.45, 2.75) is 43.2 Å². The van der Waals surface area contributed by atoms with E-state index in [1.165, 1.54) is 18.2 Å². The van der Waals surface area contributed by atoms with Gasteiger partial charge in [0.15, 0.2) is 9.84 Å². The van der Waals surface area contributed by atoms with Crippen LogP contribution in [0.15, 0.2) is 23.1 Å². The maximum Gasteiger partial charge on any atom is 0.178 e. The van der Waals surface area contributed by atoms with Crippen LogP contribution in [0.1, 0.15) is 37.8 Å². The second kappa shape index (κ2) is 6.20. The number of hydrogen-bond donors (Lipinski definition) is 2. The first-order valence-electron chi connectivity index (χ1n) is 6.83. The van der Waals surface area contributed by atoms with Gasteiger partial charge in [0, 0.05) is 18.7 Å². The van der Waals surface area contributed by atoms with Crippen molar-refractivity contribution >= 4 is 9.84 Å². The molecular formula is C14H20FNO3S. The molecule has 1 heterocycles. The zero-order chi connectivity index (χ0) is 14.8. The third-order valence-electron chi connectivity index (χ3n) is 3.64. The molecule has 2 rings (SSSR count). The first-order chi connectivity index (χ1) is 9.44. The van der Waals surface area contributed by atoms with Gasteiger partial charge in [0.2, 0.25) is 0 Å². The molecule has 0 radical (unpaired) electrons. The first-order valence-corrected chi connectivity index (χ1v) is 8.48. The van der Waals surface area contributed by atoms with Gasteiger partial charge >= 0.3 is 0 Å². The smallest absolute Gasteiger partial charge is 0.178 e. The number of sulfone groups is 1. The highest BCUT2D eigenvalue weighted by atomic mass is 32.2. The Balaban J connectivity index is 2.23. The number of rotatable bonds is 5. The van der Waals surface area contributed by atoms with E-state index >= 15 is 0 Å². The third-order valence-corrected chi connectivity index (χ3v) is 5.45. The number of hydrogen-bond acceptors (Lipinski definition) is 4. The number of aliphatic hydroxyl groups is 1. The Morgan fingerprint density at radius 3 is 2.95 bits per heavy atom. The maximum absolute atomic E-state index is 13.4. The number of halogens is 1. The van der Waals surface area contributed by atoms with Crippen LogP contribution in [0.25, 0.3) is 0 Å². The summed E-state index contributed by atoms with van der Waals surface area (Å²) in [5, 5.41) is 12.2. The highest BCUT2D eigenvalue weighted by molar-refractivity contribution is 7.91. The van der Waals surface area contributed by atoms with E-state index < -0.39 is 15.7 Å². The van der Waals surface area contributed by atoms with Crippen LogP contribution in [0, 0.1) is 5.82 Å². The molecule has 2 atom stereocenters. The van der Waals surface area contributed by atoms with Gasteiger partial charge in [-0.25, -0.2) is 12.8 Å². The van der Waals surface area contributed by atoms with E-state index in [0.717, 1.165) is 6.42 Å². The van der Waals surface area contributed by atoms with Crippen LogP contribution in [0.3, 0.4) is 0 Å². The Kier molecular flexibility index (Phi) is 4.78. The van der Waals surface area contributed by atoms with Gasteiger partial charge in [-0.1, -0.05) is 0 Å². The predicted octanol–water partition coefficient (Wildman–Crippen LogP) is 1.79. The molecule has 0 amide bonds. The van der Waals surface area contributed by atoms with E-state index in [1.54, 1.807) is 0 Å². The van der Waals surface area contributed by atoms with Crippen LogP contribution in [0.2, 0.25) is 0 Å². The highest BCUT2D eigenvalue weighted by Crippen LogP contribution is 2.33. The van der Waals surface area contributed by atoms with Gasteiger partial charge in [-0.3, -0.25) is 0 Å². The number of aliphatic hydroxyl groups excluding tert-OH is 1. The van der Waals surface area contributed by atoms with Crippen LogP contribution in [0.5, 0.6) is 0 Å². The molecule has 0 spiro atoms. The van der Waals surface area contributed by atoms with E-state index in [4.69, 9.17) is 5.11 Å². The minimum atomic E-state index is -3.29. The van der Waals surface area contributed by atoms with E-state index in [1.807, 2.05) is 6.92 Å². The Bertz CT molecular complexity index is 574. The zero-order valence-electron chi connectivity index (χ0n) is 11.5. The van der Waals surface area contributed by atoms with Crippen molar-refractivity contribution < 1.29 is 17.9 Å². The lowest BCUT2D eigenvalue weighted by molar-refractivity contribution is 0.273. The molecule has 2 unspecified atom stereocenters. The summed E-state index contributed by atoms with van der Waals surface area (Å²) >= 11 is 0. The topological polar surface area (TPSA) is 66.4 Å². The standard InChI is InChI=1S/C14H20FNO3S/c1-10(3-2-7-17)16-13-6-8-20(18,19)14-5-4-11(15)9-12(13)14/h4-5,9-10,13,16-17H,2-3,6-8H2,1H3. The average molecular weight is 301 g/mol. The fourth-order valence-electron chi connectivity index (χ4n) is 2.61. The Morgan fingerprint density at radius 2 is 2.25 bits per heavy atom. The molecule has 0 bridgehead atoms. The summed E-state index contributed by atoms with van der Waals surface area (Å²) in [6.07, 6.45) is 1.93. The summed E-state index contributed by atoms with van der Waals surface area (Å²) in [4.78, 5) is 0.233. The van der Waals surface area contributed by atoms with Crippen LogP contribution in [-0.4, -0.2) is 31.9 Å². The van der Waals surface area contributed by atoms with Gasteiger partial charge in [0.1, 0.15) is 5.82 Å². The van der Waals surface area contributed by atoms with Crippen molar-refractivity contribution in [3.8, 4) is 0 Å². The van der Waals surface area contributed by atoms with Crippen LogP contribution >= 0.6 is 0 Å². The molecule has 0 aromatic heterocycles. The van der Waals surface area contributed by atoms with E-state index in [2.05, 4.69) is 5.32 Å². The average Bonchev–Trinajstić information content (AvgIpc) is 2.39. The van der Waals surface area contributed by atoms with Gasteiger partial charge in [-0.15, -0.1) is 0 Å². The molecule has 4 nitrogen and oxygen atoms in total. The second-order valence-electron chi connectivity index (χ2n) is 5.28. The van der Waals surface area contributed by atoms with E-state index in [9.17, 15) is 12.8 Å². The van der Waals surface area contributed by atoms with Crippen LogP contribution in [-0.2, 0) is 9.84 Å². The molecule has 6 heteroatoms. The normalized spacial score (nSPS) is 22.2. The van der Waals surface area contributed by atoms with Crippen molar-refractivity contribution in [3.05, 3.63) is 29.6 Å². The monoisotopic (exact) mass is 301 g/mol. The molecule has 0 fully saturated rings. The van der Waals surface area contributed by atoms with Crippen LogP contribution < -0.4 is 5.32 Å². The molecule has 0 saturated heterocycles. The molecule has 0 aliphatic carbocycles.